The molecule has 1 aliphatic carbocycles. The zero-order valence-corrected chi connectivity index (χ0v) is 25.2. The summed E-state index contributed by atoms with van der Waals surface area (Å²) >= 11 is 0. The van der Waals surface area contributed by atoms with Gasteiger partial charge in [0.1, 0.15) is 12.4 Å². The van der Waals surface area contributed by atoms with Crippen LogP contribution in [0.2, 0.25) is 0 Å². The van der Waals surface area contributed by atoms with E-state index >= 15 is 4.39 Å². The Balaban J connectivity index is 1.50. The van der Waals surface area contributed by atoms with Crippen molar-refractivity contribution in [1.82, 2.24) is 13.8 Å². The fraction of sp³-hybridized carbons (Fsp3) is 0.516. The van der Waals surface area contributed by atoms with Gasteiger partial charge in [0.25, 0.3) is 10.2 Å². The third kappa shape index (κ3) is 6.49. The molecule has 0 saturated heterocycles. The van der Waals surface area contributed by atoms with Crippen molar-refractivity contribution in [1.29, 1.82) is 0 Å². The molecule has 2 aliphatic rings. The lowest BCUT2D eigenvalue weighted by Crippen LogP contribution is -2.40. The Labute approximate surface area is 247 Å². The first kappa shape index (κ1) is 30.5. The smallest absolute Gasteiger partial charge is 0.335 e. The summed E-state index contributed by atoms with van der Waals surface area (Å²) in [7, 11) is -0.449. The maximum Gasteiger partial charge on any atom is 0.335 e. The van der Waals surface area contributed by atoms with Gasteiger partial charge in [0.2, 0.25) is 0 Å². The van der Waals surface area contributed by atoms with Crippen LogP contribution in [0.25, 0.3) is 22.2 Å². The maximum absolute atomic E-state index is 17.0. The van der Waals surface area contributed by atoms with Gasteiger partial charge in [-0.2, -0.15) is 12.7 Å². The number of halogens is 1. The SMILES string of the molecule is CN(CCCC1(F)COc2ccccc2-c2c(C3CCCCC3)c3ccc(C(=O)O)cc3n2C1)CCN(C)S(N)(=O)=O. The van der Waals surface area contributed by atoms with E-state index in [4.69, 9.17) is 9.88 Å². The Morgan fingerprint density at radius 1 is 1.12 bits per heavy atom. The fourth-order valence-electron chi connectivity index (χ4n) is 6.46. The number of hydrogen-bond acceptors (Lipinski definition) is 5. The highest BCUT2D eigenvalue weighted by Crippen LogP contribution is 2.48. The third-order valence-electron chi connectivity index (χ3n) is 8.83. The zero-order chi connectivity index (χ0) is 30.1. The van der Waals surface area contributed by atoms with Gasteiger partial charge in [-0.3, -0.25) is 0 Å². The average molecular weight is 601 g/mol. The number of fused-ring (bicyclic) bond motifs is 5. The Kier molecular flexibility index (Phi) is 8.94. The summed E-state index contributed by atoms with van der Waals surface area (Å²) in [5.74, 6) is -0.0791. The zero-order valence-electron chi connectivity index (χ0n) is 24.4. The van der Waals surface area contributed by atoms with E-state index in [9.17, 15) is 18.3 Å². The van der Waals surface area contributed by atoms with Crippen LogP contribution in [0.15, 0.2) is 42.5 Å². The Hall–Kier alpha value is -2.99. The molecule has 1 saturated carbocycles. The second kappa shape index (κ2) is 12.3. The summed E-state index contributed by atoms with van der Waals surface area (Å²) < 4.78 is 49.2. The molecule has 3 aromatic rings. The highest BCUT2D eigenvalue weighted by atomic mass is 32.2. The van der Waals surface area contributed by atoms with Gasteiger partial charge >= 0.3 is 5.97 Å². The van der Waals surface area contributed by atoms with Crippen LogP contribution in [0.4, 0.5) is 4.39 Å². The monoisotopic (exact) mass is 600 g/mol. The number of aromatic nitrogens is 1. The quantitative estimate of drug-likeness (QED) is 0.338. The van der Waals surface area contributed by atoms with Crippen molar-refractivity contribution in [3.8, 4) is 17.0 Å². The van der Waals surface area contributed by atoms with Crippen LogP contribution in [-0.4, -0.2) is 79.3 Å². The number of carbonyl (C=O) groups is 1. The second-order valence-corrected chi connectivity index (χ2v) is 13.6. The summed E-state index contributed by atoms with van der Waals surface area (Å²) in [5.41, 5.74) is 2.22. The average Bonchev–Trinajstić information content (AvgIpc) is 3.26. The van der Waals surface area contributed by atoms with E-state index in [0.29, 0.717) is 31.2 Å². The van der Waals surface area contributed by atoms with Crippen molar-refractivity contribution >= 4 is 27.1 Å². The lowest BCUT2D eigenvalue weighted by atomic mass is 9.81. The summed E-state index contributed by atoms with van der Waals surface area (Å²) in [6.07, 6.45) is 6.31. The van der Waals surface area contributed by atoms with Gasteiger partial charge in [0.05, 0.1) is 17.8 Å². The molecule has 0 spiro atoms. The van der Waals surface area contributed by atoms with Gasteiger partial charge in [0.15, 0.2) is 5.67 Å². The van der Waals surface area contributed by atoms with Crippen molar-refractivity contribution in [2.45, 2.75) is 63.1 Å². The topological polar surface area (TPSA) is 118 Å². The van der Waals surface area contributed by atoms with Gasteiger partial charge in [-0.25, -0.2) is 14.3 Å². The van der Waals surface area contributed by atoms with Gasteiger partial charge in [-0.1, -0.05) is 37.5 Å². The van der Waals surface area contributed by atoms with Crippen LogP contribution in [0.1, 0.15) is 66.8 Å². The number of nitrogens with zero attached hydrogens (tertiary/aromatic N) is 3. The largest absolute Gasteiger partial charge is 0.489 e. The minimum atomic E-state index is -3.75. The summed E-state index contributed by atoms with van der Waals surface area (Å²) in [6.45, 7) is 1.19. The van der Waals surface area contributed by atoms with Crippen LogP contribution in [0.3, 0.4) is 0 Å². The van der Waals surface area contributed by atoms with Crippen molar-refractivity contribution < 1.29 is 27.4 Å². The summed E-state index contributed by atoms with van der Waals surface area (Å²) in [4.78, 5) is 13.9. The molecular weight excluding hydrogens is 559 g/mol. The standard InChI is InChI=1S/C31H41FN4O5S/c1-34(17-18-35(2)42(33,39)40)16-8-15-31(32)20-36-26-19-23(30(37)38)13-14-24(26)28(22-9-4-3-5-10-22)29(36)25-11-6-7-12-27(25)41-21-31/h6-7,11-14,19,22H,3-5,8-10,15-18,20-21H2,1-2H3,(H,37,38)(H2,33,39,40). The van der Waals surface area contributed by atoms with E-state index in [1.807, 2.05) is 46.8 Å². The Bertz CT molecular complexity index is 1550. The first-order valence-corrected chi connectivity index (χ1v) is 16.2. The van der Waals surface area contributed by atoms with Crippen LogP contribution in [-0.2, 0) is 16.8 Å². The van der Waals surface area contributed by atoms with Crippen molar-refractivity contribution in [2.24, 2.45) is 5.14 Å². The number of carboxylic acids is 1. The van der Waals surface area contributed by atoms with Crippen LogP contribution < -0.4 is 9.88 Å². The van der Waals surface area contributed by atoms with E-state index in [-0.39, 0.29) is 31.7 Å². The molecule has 0 amide bonds. The Morgan fingerprint density at radius 3 is 2.57 bits per heavy atom. The summed E-state index contributed by atoms with van der Waals surface area (Å²) in [6, 6.07) is 13.0. The number of alkyl halides is 1. The number of aromatic carboxylic acids is 1. The first-order valence-electron chi connectivity index (χ1n) is 14.7. The molecule has 228 valence electrons. The number of hydrogen-bond donors (Lipinski definition) is 2. The first-order chi connectivity index (χ1) is 20.0. The lowest BCUT2D eigenvalue weighted by molar-refractivity contribution is 0.0536. The Morgan fingerprint density at radius 2 is 1.86 bits per heavy atom. The molecule has 42 heavy (non-hydrogen) atoms. The highest BCUT2D eigenvalue weighted by molar-refractivity contribution is 7.86. The van der Waals surface area contributed by atoms with Crippen molar-refractivity contribution in [3.05, 3.63) is 53.6 Å². The maximum atomic E-state index is 17.0. The summed E-state index contributed by atoms with van der Waals surface area (Å²) in [5, 5.41) is 16.0. The minimum absolute atomic E-state index is 0.0425. The van der Waals surface area contributed by atoms with E-state index in [1.165, 1.54) is 19.0 Å². The molecule has 0 radical (unpaired) electrons. The molecule has 1 aliphatic heterocycles. The number of para-hydroxylation sites is 1. The number of carboxylic acid groups (broad SMARTS) is 1. The van der Waals surface area contributed by atoms with Crippen LogP contribution in [0, 0.1) is 0 Å². The number of rotatable bonds is 10. The number of benzene rings is 2. The molecule has 2 heterocycles. The van der Waals surface area contributed by atoms with Gasteiger partial charge in [-0.05, 0) is 75.0 Å². The normalized spacial score (nSPS) is 19.8. The second-order valence-electron chi connectivity index (χ2n) is 11.9. The number of nitrogens with two attached hydrogens (primary N) is 1. The van der Waals surface area contributed by atoms with Crippen LogP contribution in [0.5, 0.6) is 5.75 Å². The molecule has 5 rings (SSSR count). The molecule has 2 aromatic carbocycles. The molecule has 3 N–H and O–H groups in total. The van der Waals surface area contributed by atoms with Gasteiger partial charge in [0, 0.05) is 36.6 Å². The number of likely N-dealkylation sites (N-methyl/N-ethyl adjacent to an activating group) is 2. The molecule has 11 heteroatoms. The van der Waals surface area contributed by atoms with Crippen molar-refractivity contribution in [3.63, 3.8) is 0 Å². The number of ether oxygens (including phenoxy) is 1. The highest BCUT2D eigenvalue weighted by Gasteiger charge is 2.37. The molecule has 1 unspecified atom stereocenters. The predicted molar refractivity (Wildman–Crippen MR) is 162 cm³/mol. The molecular formula is C31H41FN4O5S. The molecule has 9 nitrogen and oxygen atoms in total. The van der Waals surface area contributed by atoms with E-state index in [2.05, 4.69) is 0 Å². The van der Waals surface area contributed by atoms with E-state index in [0.717, 1.165) is 52.1 Å². The molecule has 0 bridgehead atoms. The third-order valence-corrected chi connectivity index (χ3v) is 9.88. The fourth-order valence-corrected chi connectivity index (χ4v) is 6.80. The van der Waals surface area contributed by atoms with Crippen LogP contribution >= 0.6 is 0 Å². The minimum Gasteiger partial charge on any atom is -0.489 e. The van der Waals surface area contributed by atoms with E-state index < -0.39 is 21.8 Å². The van der Waals surface area contributed by atoms with Gasteiger partial charge < -0.3 is 19.3 Å². The van der Waals surface area contributed by atoms with E-state index in [1.54, 1.807) is 12.1 Å². The van der Waals surface area contributed by atoms with Gasteiger partial charge in [-0.15, -0.1) is 0 Å². The molecule has 1 fully saturated rings. The molecule has 1 aromatic heterocycles. The lowest BCUT2D eigenvalue weighted by Gasteiger charge is -2.32. The predicted octanol–water partition coefficient (Wildman–Crippen LogP) is 5.00. The van der Waals surface area contributed by atoms with Crippen molar-refractivity contribution in [2.75, 3.05) is 40.3 Å². The molecule has 1 atom stereocenters.